The lowest BCUT2D eigenvalue weighted by Gasteiger charge is -2.09. The number of methoxy groups -OCH3 is 1. The van der Waals surface area contributed by atoms with Crippen LogP contribution in [0.4, 0.5) is 11.4 Å². The van der Waals surface area contributed by atoms with Crippen molar-refractivity contribution < 1.29 is 22.7 Å². The van der Waals surface area contributed by atoms with Gasteiger partial charge in [0.25, 0.3) is 10.0 Å². The van der Waals surface area contributed by atoms with Crippen molar-refractivity contribution in [3.63, 3.8) is 0 Å². The van der Waals surface area contributed by atoms with Crippen molar-refractivity contribution >= 4 is 51.0 Å². The van der Waals surface area contributed by atoms with Gasteiger partial charge in [-0.3, -0.25) is 9.52 Å². The molecule has 0 aliphatic heterocycles. The first kappa shape index (κ1) is 23.1. The smallest absolute Gasteiger partial charge is 0.337 e. The number of nitrogens with one attached hydrogen (secondary N) is 2. The zero-order chi connectivity index (χ0) is 23.1. The standard InChI is InChI=1S/C23H19ClN2O5S/c1-31-23(28)17-9-11-18(12-10-17)25-22(27)15-8-16-6-13-19(14-7-16)32(29,30)26-21-5-3-2-4-20(21)24/h2-15,26H,1H3,(H,25,27)/b15-8+. The predicted molar refractivity (Wildman–Crippen MR) is 124 cm³/mol. The molecular formula is C23H19ClN2O5S. The summed E-state index contributed by atoms with van der Waals surface area (Å²) in [7, 11) is -2.52. The van der Waals surface area contributed by atoms with Crippen molar-refractivity contribution in [3.05, 3.63) is 95.0 Å². The second-order valence-corrected chi connectivity index (χ2v) is 8.64. The molecule has 0 heterocycles. The van der Waals surface area contributed by atoms with Crippen LogP contribution in [0.2, 0.25) is 5.02 Å². The molecule has 0 unspecified atom stereocenters. The normalized spacial score (nSPS) is 11.2. The molecule has 0 fully saturated rings. The van der Waals surface area contributed by atoms with Crippen molar-refractivity contribution in [1.82, 2.24) is 0 Å². The van der Waals surface area contributed by atoms with Gasteiger partial charge in [0.1, 0.15) is 0 Å². The number of hydrogen-bond donors (Lipinski definition) is 2. The number of rotatable bonds is 7. The molecule has 2 N–H and O–H groups in total. The molecule has 0 atom stereocenters. The van der Waals surface area contributed by atoms with Gasteiger partial charge in [0.15, 0.2) is 0 Å². The van der Waals surface area contributed by atoms with Crippen LogP contribution in [-0.4, -0.2) is 27.4 Å². The fraction of sp³-hybridized carbons (Fsp3) is 0.0435. The minimum atomic E-state index is -3.81. The summed E-state index contributed by atoms with van der Waals surface area (Å²) in [5.41, 5.74) is 1.81. The van der Waals surface area contributed by atoms with Crippen LogP contribution in [0.15, 0.2) is 83.8 Å². The Hall–Kier alpha value is -3.62. The zero-order valence-corrected chi connectivity index (χ0v) is 18.5. The van der Waals surface area contributed by atoms with E-state index in [1.54, 1.807) is 66.7 Å². The van der Waals surface area contributed by atoms with Crippen LogP contribution in [0.1, 0.15) is 15.9 Å². The first-order valence-corrected chi connectivity index (χ1v) is 11.2. The fourth-order valence-electron chi connectivity index (χ4n) is 2.67. The Bertz CT molecular complexity index is 1250. The molecule has 0 saturated heterocycles. The maximum absolute atomic E-state index is 12.5. The highest BCUT2D eigenvalue weighted by Crippen LogP contribution is 2.24. The number of sulfonamides is 1. The summed E-state index contributed by atoms with van der Waals surface area (Å²) in [6.07, 6.45) is 2.87. The number of halogens is 1. The maximum atomic E-state index is 12.5. The molecule has 0 radical (unpaired) electrons. The molecule has 0 saturated carbocycles. The summed E-state index contributed by atoms with van der Waals surface area (Å²) >= 11 is 6.01. The molecule has 7 nitrogen and oxygen atoms in total. The van der Waals surface area contributed by atoms with E-state index in [0.717, 1.165) is 0 Å². The number of anilines is 2. The van der Waals surface area contributed by atoms with Gasteiger partial charge < -0.3 is 10.1 Å². The number of amides is 1. The van der Waals surface area contributed by atoms with Gasteiger partial charge in [-0.05, 0) is 60.2 Å². The molecule has 0 bridgehead atoms. The van der Waals surface area contributed by atoms with Crippen molar-refractivity contribution in [2.75, 3.05) is 17.1 Å². The monoisotopic (exact) mass is 470 g/mol. The Kier molecular flexibility index (Phi) is 7.29. The molecule has 3 rings (SSSR count). The highest BCUT2D eigenvalue weighted by atomic mass is 35.5. The summed E-state index contributed by atoms with van der Waals surface area (Å²) in [6.45, 7) is 0. The van der Waals surface area contributed by atoms with Gasteiger partial charge in [-0.25, -0.2) is 13.2 Å². The Morgan fingerprint density at radius 3 is 2.22 bits per heavy atom. The molecule has 0 aliphatic rings. The van der Waals surface area contributed by atoms with E-state index < -0.39 is 16.0 Å². The van der Waals surface area contributed by atoms with E-state index in [-0.39, 0.29) is 16.5 Å². The van der Waals surface area contributed by atoms with E-state index in [0.29, 0.717) is 21.8 Å². The third-order valence-electron chi connectivity index (χ3n) is 4.31. The Balaban J connectivity index is 1.62. The fourth-order valence-corrected chi connectivity index (χ4v) is 3.99. The molecule has 1 amide bonds. The van der Waals surface area contributed by atoms with Gasteiger partial charge in [-0.15, -0.1) is 0 Å². The SMILES string of the molecule is COC(=O)c1ccc(NC(=O)/C=C/c2ccc(S(=O)(=O)Nc3ccccc3Cl)cc2)cc1. The van der Waals surface area contributed by atoms with E-state index in [9.17, 15) is 18.0 Å². The third kappa shape index (κ3) is 5.96. The summed E-state index contributed by atoms with van der Waals surface area (Å²) in [4.78, 5) is 23.6. The molecule has 3 aromatic carbocycles. The quantitative estimate of drug-likeness (QED) is 0.388. The first-order chi connectivity index (χ1) is 15.3. The lowest BCUT2D eigenvalue weighted by atomic mass is 10.2. The maximum Gasteiger partial charge on any atom is 0.337 e. The van der Waals surface area contributed by atoms with Crippen molar-refractivity contribution in [2.24, 2.45) is 0 Å². The highest BCUT2D eigenvalue weighted by Gasteiger charge is 2.15. The van der Waals surface area contributed by atoms with Crippen LogP contribution in [-0.2, 0) is 19.6 Å². The summed E-state index contributed by atoms with van der Waals surface area (Å²) < 4.78 is 32.1. The van der Waals surface area contributed by atoms with Crippen LogP contribution in [0.25, 0.3) is 6.08 Å². The van der Waals surface area contributed by atoms with Crippen LogP contribution in [0.3, 0.4) is 0 Å². The second kappa shape index (κ2) is 10.1. The summed E-state index contributed by atoms with van der Waals surface area (Å²) in [6, 6.07) is 18.8. The Morgan fingerprint density at radius 1 is 0.938 bits per heavy atom. The molecule has 0 spiro atoms. The first-order valence-electron chi connectivity index (χ1n) is 9.33. The third-order valence-corrected chi connectivity index (χ3v) is 6.02. The number of carbonyl (C=O) groups excluding carboxylic acids is 2. The van der Waals surface area contributed by atoms with Gasteiger partial charge in [-0.2, -0.15) is 0 Å². The average Bonchev–Trinajstić information content (AvgIpc) is 2.79. The molecule has 9 heteroatoms. The minimum absolute atomic E-state index is 0.0599. The predicted octanol–water partition coefficient (Wildman–Crippen LogP) is 4.58. The van der Waals surface area contributed by atoms with Crippen LogP contribution in [0.5, 0.6) is 0 Å². The van der Waals surface area contributed by atoms with E-state index in [1.807, 2.05) is 0 Å². The lowest BCUT2D eigenvalue weighted by Crippen LogP contribution is -2.13. The molecule has 164 valence electrons. The summed E-state index contributed by atoms with van der Waals surface area (Å²) in [5.74, 6) is -0.844. The Labute approximate surface area is 190 Å². The second-order valence-electron chi connectivity index (χ2n) is 6.55. The number of ether oxygens (including phenoxy) is 1. The highest BCUT2D eigenvalue weighted by molar-refractivity contribution is 7.92. The molecular weight excluding hydrogens is 452 g/mol. The molecule has 0 aliphatic carbocycles. The van der Waals surface area contributed by atoms with E-state index in [4.69, 9.17) is 11.6 Å². The van der Waals surface area contributed by atoms with E-state index >= 15 is 0 Å². The van der Waals surface area contributed by atoms with Crippen molar-refractivity contribution in [2.45, 2.75) is 4.90 Å². The zero-order valence-electron chi connectivity index (χ0n) is 16.9. The van der Waals surface area contributed by atoms with Crippen LogP contribution >= 0.6 is 11.6 Å². The van der Waals surface area contributed by atoms with E-state index in [1.165, 1.54) is 25.3 Å². The number of carbonyl (C=O) groups is 2. The largest absolute Gasteiger partial charge is 0.465 e. The minimum Gasteiger partial charge on any atom is -0.465 e. The number of benzene rings is 3. The average molecular weight is 471 g/mol. The van der Waals surface area contributed by atoms with Gasteiger partial charge in [0.2, 0.25) is 5.91 Å². The lowest BCUT2D eigenvalue weighted by molar-refractivity contribution is -0.111. The molecule has 0 aromatic heterocycles. The van der Waals surface area contributed by atoms with E-state index in [2.05, 4.69) is 14.8 Å². The van der Waals surface area contributed by atoms with Crippen LogP contribution in [0, 0.1) is 0 Å². The number of esters is 1. The van der Waals surface area contributed by atoms with Crippen molar-refractivity contribution in [1.29, 1.82) is 0 Å². The number of para-hydroxylation sites is 1. The topological polar surface area (TPSA) is 102 Å². The van der Waals surface area contributed by atoms with Crippen molar-refractivity contribution in [3.8, 4) is 0 Å². The number of hydrogen-bond acceptors (Lipinski definition) is 5. The van der Waals surface area contributed by atoms with Gasteiger partial charge >= 0.3 is 5.97 Å². The van der Waals surface area contributed by atoms with Crippen LogP contribution < -0.4 is 10.0 Å². The Morgan fingerprint density at radius 2 is 1.59 bits per heavy atom. The molecule has 3 aromatic rings. The van der Waals surface area contributed by atoms with Gasteiger partial charge in [-0.1, -0.05) is 35.9 Å². The summed E-state index contributed by atoms with van der Waals surface area (Å²) in [5, 5.41) is 2.96. The van der Waals surface area contributed by atoms with Gasteiger partial charge in [0, 0.05) is 11.8 Å². The molecule has 32 heavy (non-hydrogen) atoms. The van der Waals surface area contributed by atoms with Gasteiger partial charge in [0.05, 0.1) is 28.3 Å².